The van der Waals surface area contributed by atoms with Crippen LogP contribution in [0.5, 0.6) is 5.75 Å². The van der Waals surface area contributed by atoms with Crippen molar-refractivity contribution < 1.29 is 19.4 Å². The minimum atomic E-state index is -0.667. The molecule has 5 nitrogen and oxygen atoms in total. The largest absolute Gasteiger partial charge is 0.505 e. The Hall–Kier alpha value is -2.53. The number of phenols is 1. The molecule has 0 aliphatic heterocycles. The van der Waals surface area contributed by atoms with Crippen molar-refractivity contribution in [2.45, 2.75) is 12.8 Å². The van der Waals surface area contributed by atoms with Crippen LogP contribution in [0.2, 0.25) is 5.02 Å². The van der Waals surface area contributed by atoms with Crippen LogP contribution in [-0.2, 0) is 16.0 Å². The number of phenolic OH excluding ortho intramolecular Hbond substituents is 1. The van der Waals surface area contributed by atoms with E-state index in [0.717, 1.165) is 5.56 Å². The summed E-state index contributed by atoms with van der Waals surface area (Å²) < 4.78 is 4.57. The molecule has 2 N–H and O–H groups in total. The molecule has 2 aromatic rings. The van der Waals surface area contributed by atoms with Crippen molar-refractivity contribution in [3.63, 3.8) is 0 Å². The third-order valence-corrected chi connectivity index (χ3v) is 3.52. The number of para-hydroxylation sites is 1. The SMILES string of the molecule is COC(=O)c1cccc(NC(=O)CCc2ccc(Cl)cc2)c1O. The number of anilines is 1. The molecule has 0 spiro atoms. The summed E-state index contributed by atoms with van der Waals surface area (Å²) >= 11 is 5.81. The first kappa shape index (κ1) is 16.8. The summed E-state index contributed by atoms with van der Waals surface area (Å²) in [6, 6.07) is 11.7. The molecule has 0 radical (unpaired) electrons. The monoisotopic (exact) mass is 333 g/mol. The Morgan fingerprint density at radius 2 is 1.87 bits per heavy atom. The molecular formula is C17H16ClNO4. The quantitative estimate of drug-likeness (QED) is 0.649. The van der Waals surface area contributed by atoms with E-state index >= 15 is 0 Å². The van der Waals surface area contributed by atoms with Gasteiger partial charge in [0, 0.05) is 11.4 Å². The fraction of sp³-hybridized carbons (Fsp3) is 0.176. The Labute approximate surface area is 138 Å². The van der Waals surface area contributed by atoms with E-state index in [0.29, 0.717) is 11.4 Å². The van der Waals surface area contributed by atoms with Gasteiger partial charge in [0.05, 0.1) is 12.8 Å². The van der Waals surface area contributed by atoms with E-state index < -0.39 is 5.97 Å². The van der Waals surface area contributed by atoms with Gasteiger partial charge in [-0.2, -0.15) is 0 Å². The number of rotatable bonds is 5. The first-order valence-electron chi connectivity index (χ1n) is 6.96. The summed E-state index contributed by atoms with van der Waals surface area (Å²) in [5, 5.41) is 13.3. The highest BCUT2D eigenvalue weighted by Gasteiger charge is 2.15. The summed E-state index contributed by atoms with van der Waals surface area (Å²) in [6.45, 7) is 0. The molecule has 23 heavy (non-hydrogen) atoms. The van der Waals surface area contributed by atoms with Gasteiger partial charge in [-0.25, -0.2) is 4.79 Å². The number of hydrogen-bond donors (Lipinski definition) is 2. The molecule has 0 heterocycles. The summed E-state index contributed by atoms with van der Waals surface area (Å²) in [5.41, 5.74) is 1.16. The molecule has 0 aliphatic rings. The maximum Gasteiger partial charge on any atom is 0.341 e. The molecule has 0 atom stereocenters. The number of amides is 1. The Kier molecular flexibility index (Phi) is 5.60. The lowest BCUT2D eigenvalue weighted by Gasteiger charge is -2.10. The minimum Gasteiger partial charge on any atom is -0.505 e. The number of esters is 1. The molecule has 1 amide bonds. The lowest BCUT2D eigenvalue weighted by molar-refractivity contribution is -0.116. The van der Waals surface area contributed by atoms with Crippen LogP contribution in [0.15, 0.2) is 42.5 Å². The molecule has 0 saturated carbocycles. The van der Waals surface area contributed by atoms with Crippen molar-refractivity contribution in [2.75, 3.05) is 12.4 Å². The second-order valence-electron chi connectivity index (χ2n) is 4.87. The topological polar surface area (TPSA) is 75.6 Å². The molecular weight excluding hydrogens is 318 g/mol. The van der Waals surface area contributed by atoms with Crippen LogP contribution in [0.4, 0.5) is 5.69 Å². The van der Waals surface area contributed by atoms with Crippen molar-refractivity contribution in [3.05, 3.63) is 58.6 Å². The van der Waals surface area contributed by atoms with Gasteiger partial charge in [0.1, 0.15) is 5.56 Å². The molecule has 120 valence electrons. The molecule has 0 aromatic heterocycles. The van der Waals surface area contributed by atoms with Crippen LogP contribution in [0.25, 0.3) is 0 Å². The number of aryl methyl sites for hydroxylation is 1. The van der Waals surface area contributed by atoms with Crippen LogP contribution in [0, 0.1) is 0 Å². The second-order valence-corrected chi connectivity index (χ2v) is 5.30. The van der Waals surface area contributed by atoms with E-state index in [2.05, 4.69) is 10.1 Å². The number of ether oxygens (including phenoxy) is 1. The van der Waals surface area contributed by atoms with Gasteiger partial charge in [-0.15, -0.1) is 0 Å². The van der Waals surface area contributed by atoms with Crippen LogP contribution >= 0.6 is 11.6 Å². The highest BCUT2D eigenvalue weighted by Crippen LogP contribution is 2.28. The molecule has 0 bridgehead atoms. The standard InChI is InChI=1S/C17H16ClNO4/c1-23-17(22)13-3-2-4-14(16(13)21)19-15(20)10-7-11-5-8-12(18)9-6-11/h2-6,8-9,21H,7,10H2,1H3,(H,19,20). The molecule has 0 aliphatic carbocycles. The Morgan fingerprint density at radius 3 is 2.52 bits per heavy atom. The van der Waals surface area contributed by atoms with Crippen molar-refractivity contribution in [1.29, 1.82) is 0 Å². The van der Waals surface area contributed by atoms with E-state index in [1.165, 1.54) is 19.2 Å². The third kappa shape index (κ3) is 4.47. The molecule has 6 heteroatoms. The highest BCUT2D eigenvalue weighted by atomic mass is 35.5. The van der Waals surface area contributed by atoms with Gasteiger partial charge in [0.2, 0.25) is 5.91 Å². The van der Waals surface area contributed by atoms with Gasteiger partial charge < -0.3 is 15.2 Å². The molecule has 0 unspecified atom stereocenters. The zero-order valence-corrected chi connectivity index (χ0v) is 13.3. The molecule has 0 fully saturated rings. The van der Waals surface area contributed by atoms with Crippen molar-refractivity contribution in [2.24, 2.45) is 0 Å². The van der Waals surface area contributed by atoms with Crippen LogP contribution in [0.3, 0.4) is 0 Å². The van der Waals surface area contributed by atoms with Crippen molar-refractivity contribution in [1.82, 2.24) is 0 Å². The Balaban J connectivity index is 2.00. The molecule has 2 aromatic carbocycles. The second kappa shape index (κ2) is 7.65. The maximum atomic E-state index is 12.0. The predicted molar refractivity (Wildman–Crippen MR) is 87.8 cm³/mol. The lowest BCUT2D eigenvalue weighted by Crippen LogP contribution is -2.13. The number of halogens is 1. The van der Waals surface area contributed by atoms with Crippen LogP contribution in [-0.4, -0.2) is 24.1 Å². The van der Waals surface area contributed by atoms with E-state index in [1.807, 2.05) is 12.1 Å². The fourth-order valence-electron chi connectivity index (χ4n) is 2.04. The Morgan fingerprint density at radius 1 is 1.17 bits per heavy atom. The van der Waals surface area contributed by atoms with Gasteiger partial charge in [-0.1, -0.05) is 29.8 Å². The highest BCUT2D eigenvalue weighted by molar-refractivity contribution is 6.30. The first-order chi connectivity index (χ1) is 11.0. The van der Waals surface area contributed by atoms with Crippen molar-refractivity contribution in [3.8, 4) is 5.75 Å². The average Bonchev–Trinajstić information content (AvgIpc) is 2.55. The van der Waals surface area contributed by atoms with Gasteiger partial charge in [0.15, 0.2) is 5.75 Å². The van der Waals surface area contributed by atoms with Crippen LogP contribution in [0.1, 0.15) is 22.3 Å². The van der Waals surface area contributed by atoms with E-state index in [1.54, 1.807) is 18.2 Å². The average molecular weight is 334 g/mol. The number of aromatic hydroxyl groups is 1. The predicted octanol–water partition coefficient (Wildman–Crippen LogP) is 3.40. The van der Waals surface area contributed by atoms with Gasteiger partial charge in [-0.3, -0.25) is 4.79 Å². The first-order valence-corrected chi connectivity index (χ1v) is 7.33. The zero-order valence-electron chi connectivity index (χ0n) is 12.5. The van der Waals surface area contributed by atoms with Gasteiger partial charge >= 0.3 is 5.97 Å². The minimum absolute atomic E-state index is 0.00278. The zero-order chi connectivity index (χ0) is 16.8. The van der Waals surface area contributed by atoms with E-state index in [4.69, 9.17) is 11.6 Å². The molecule has 0 saturated heterocycles. The fourth-order valence-corrected chi connectivity index (χ4v) is 2.17. The summed E-state index contributed by atoms with van der Waals surface area (Å²) in [6.07, 6.45) is 0.782. The molecule has 2 rings (SSSR count). The number of nitrogens with one attached hydrogen (secondary N) is 1. The third-order valence-electron chi connectivity index (χ3n) is 3.27. The van der Waals surface area contributed by atoms with E-state index in [9.17, 15) is 14.7 Å². The smallest absolute Gasteiger partial charge is 0.341 e. The van der Waals surface area contributed by atoms with Gasteiger partial charge in [0.25, 0.3) is 0 Å². The van der Waals surface area contributed by atoms with Gasteiger partial charge in [-0.05, 0) is 36.2 Å². The number of methoxy groups -OCH3 is 1. The number of carbonyl (C=O) groups is 2. The Bertz CT molecular complexity index is 713. The van der Waals surface area contributed by atoms with Crippen LogP contribution < -0.4 is 5.32 Å². The maximum absolute atomic E-state index is 12.0. The number of carbonyl (C=O) groups excluding carboxylic acids is 2. The van der Waals surface area contributed by atoms with Crippen molar-refractivity contribution >= 4 is 29.2 Å². The normalized spacial score (nSPS) is 10.2. The summed E-state index contributed by atoms with van der Waals surface area (Å²) in [5.74, 6) is -1.24. The number of benzene rings is 2. The summed E-state index contributed by atoms with van der Waals surface area (Å²) in [7, 11) is 1.22. The van der Waals surface area contributed by atoms with E-state index in [-0.39, 0.29) is 29.3 Å². The lowest BCUT2D eigenvalue weighted by atomic mass is 10.1. The summed E-state index contributed by atoms with van der Waals surface area (Å²) in [4.78, 5) is 23.5. The number of hydrogen-bond acceptors (Lipinski definition) is 4.